The minimum absolute atomic E-state index is 0.123. The van der Waals surface area contributed by atoms with Gasteiger partial charge in [0.05, 0.1) is 0 Å². The molecule has 0 bridgehead atoms. The van der Waals surface area contributed by atoms with Gasteiger partial charge in [0.15, 0.2) is 0 Å². The zero-order valence-electron chi connectivity index (χ0n) is 4.39. The van der Waals surface area contributed by atoms with Crippen molar-refractivity contribution in [3.63, 3.8) is 0 Å². The standard InChI is InChI=1S/C6H9Cl/c1-3-4-5-6(2)7/h3-6H,1H2,2H3. The topological polar surface area (TPSA) is 0 Å². The molecule has 0 aliphatic rings. The van der Waals surface area contributed by atoms with Gasteiger partial charge in [-0.3, -0.25) is 0 Å². The number of hydrogen-bond donors (Lipinski definition) is 0. The third-order valence-electron chi connectivity index (χ3n) is 0.512. The quantitative estimate of drug-likeness (QED) is 0.384. The highest BCUT2D eigenvalue weighted by atomic mass is 35.5. The average Bonchev–Trinajstić information content (AvgIpc) is 1.61. The van der Waals surface area contributed by atoms with Gasteiger partial charge in [0, 0.05) is 5.38 Å². The molecule has 0 aromatic carbocycles. The van der Waals surface area contributed by atoms with Crippen LogP contribution in [0.15, 0.2) is 24.8 Å². The van der Waals surface area contributed by atoms with Crippen molar-refractivity contribution in [2.75, 3.05) is 0 Å². The van der Waals surface area contributed by atoms with Gasteiger partial charge in [-0.25, -0.2) is 0 Å². The van der Waals surface area contributed by atoms with Crippen molar-refractivity contribution in [2.45, 2.75) is 12.3 Å². The van der Waals surface area contributed by atoms with Crippen molar-refractivity contribution in [3.8, 4) is 0 Å². The zero-order valence-corrected chi connectivity index (χ0v) is 5.15. The number of halogens is 1. The molecule has 0 fully saturated rings. The molecule has 1 unspecified atom stereocenters. The number of alkyl halides is 1. The first kappa shape index (κ1) is 6.77. The lowest BCUT2D eigenvalue weighted by Crippen LogP contribution is -1.77. The molecule has 0 amide bonds. The predicted octanol–water partition coefficient (Wildman–Crippen LogP) is 2.36. The molecule has 0 aromatic rings. The molecule has 0 aliphatic heterocycles. The first-order valence-corrected chi connectivity index (χ1v) is 2.64. The molecule has 0 aromatic heterocycles. The molecule has 0 spiro atoms. The summed E-state index contributed by atoms with van der Waals surface area (Å²) >= 11 is 5.52. The number of rotatable bonds is 2. The summed E-state index contributed by atoms with van der Waals surface area (Å²) in [6.07, 6.45) is 5.41. The van der Waals surface area contributed by atoms with Crippen molar-refractivity contribution in [1.82, 2.24) is 0 Å². The Balaban J connectivity index is 3.25. The third kappa shape index (κ3) is 5.77. The Morgan fingerprint density at radius 2 is 2.29 bits per heavy atom. The van der Waals surface area contributed by atoms with E-state index in [-0.39, 0.29) is 5.38 Å². The van der Waals surface area contributed by atoms with Gasteiger partial charge in [0.2, 0.25) is 0 Å². The highest BCUT2D eigenvalue weighted by Crippen LogP contribution is 1.93. The summed E-state index contributed by atoms with van der Waals surface area (Å²) in [5.41, 5.74) is 0. The summed E-state index contributed by atoms with van der Waals surface area (Å²) in [5.74, 6) is 0. The number of hydrogen-bond acceptors (Lipinski definition) is 0. The van der Waals surface area contributed by atoms with Gasteiger partial charge in [0.25, 0.3) is 0 Å². The zero-order chi connectivity index (χ0) is 5.70. The Hall–Kier alpha value is -0.230. The molecular formula is C6H9Cl. The second-order valence-corrected chi connectivity index (χ2v) is 1.99. The van der Waals surface area contributed by atoms with Crippen molar-refractivity contribution in [2.24, 2.45) is 0 Å². The summed E-state index contributed by atoms with van der Waals surface area (Å²) < 4.78 is 0. The van der Waals surface area contributed by atoms with Gasteiger partial charge >= 0.3 is 0 Å². The van der Waals surface area contributed by atoms with E-state index in [1.165, 1.54) is 0 Å². The molecule has 1 heteroatoms. The van der Waals surface area contributed by atoms with Crippen LogP contribution in [0.4, 0.5) is 0 Å². The molecule has 1 atom stereocenters. The van der Waals surface area contributed by atoms with Crippen LogP contribution < -0.4 is 0 Å². The van der Waals surface area contributed by atoms with Crippen LogP contribution in [0.2, 0.25) is 0 Å². The molecule has 0 saturated carbocycles. The van der Waals surface area contributed by atoms with E-state index in [1.54, 1.807) is 6.08 Å². The summed E-state index contributed by atoms with van der Waals surface area (Å²) in [7, 11) is 0. The normalized spacial score (nSPS) is 14.6. The van der Waals surface area contributed by atoms with E-state index < -0.39 is 0 Å². The van der Waals surface area contributed by atoms with E-state index in [2.05, 4.69) is 6.58 Å². The Morgan fingerprint density at radius 1 is 1.71 bits per heavy atom. The summed E-state index contributed by atoms with van der Waals surface area (Å²) in [5, 5.41) is 0.123. The molecule has 40 valence electrons. The molecule has 0 nitrogen and oxygen atoms in total. The lowest BCUT2D eigenvalue weighted by molar-refractivity contribution is 1.23. The van der Waals surface area contributed by atoms with Crippen LogP contribution in [-0.2, 0) is 0 Å². The maximum Gasteiger partial charge on any atom is 0.0490 e. The van der Waals surface area contributed by atoms with Gasteiger partial charge in [-0.1, -0.05) is 24.8 Å². The van der Waals surface area contributed by atoms with Gasteiger partial charge in [-0.2, -0.15) is 0 Å². The molecular weight excluding hydrogens is 108 g/mol. The van der Waals surface area contributed by atoms with E-state index in [0.717, 1.165) is 0 Å². The maximum absolute atomic E-state index is 5.52. The maximum atomic E-state index is 5.52. The fraction of sp³-hybridized carbons (Fsp3) is 0.333. The smallest absolute Gasteiger partial charge is 0.0490 e. The van der Waals surface area contributed by atoms with Crippen LogP contribution in [0, 0.1) is 0 Å². The predicted molar refractivity (Wildman–Crippen MR) is 34.7 cm³/mol. The Labute approximate surface area is 49.5 Å². The van der Waals surface area contributed by atoms with Crippen molar-refractivity contribution < 1.29 is 0 Å². The van der Waals surface area contributed by atoms with E-state index >= 15 is 0 Å². The fourth-order valence-electron chi connectivity index (χ4n) is 0.232. The highest BCUT2D eigenvalue weighted by Gasteiger charge is 1.80. The van der Waals surface area contributed by atoms with Crippen molar-refractivity contribution >= 4 is 11.6 Å². The Morgan fingerprint density at radius 3 is 2.43 bits per heavy atom. The summed E-state index contributed by atoms with van der Waals surface area (Å²) in [4.78, 5) is 0. The SMILES string of the molecule is C=CC=CC(C)Cl. The fourth-order valence-corrected chi connectivity index (χ4v) is 0.316. The highest BCUT2D eigenvalue weighted by molar-refractivity contribution is 6.21. The van der Waals surface area contributed by atoms with E-state index in [0.29, 0.717) is 0 Å². The molecule has 0 N–H and O–H groups in total. The van der Waals surface area contributed by atoms with E-state index in [1.807, 2.05) is 19.1 Å². The van der Waals surface area contributed by atoms with Crippen LogP contribution in [-0.4, -0.2) is 5.38 Å². The van der Waals surface area contributed by atoms with Gasteiger partial charge in [-0.05, 0) is 6.92 Å². The van der Waals surface area contributed by atoms with Crippen LogP contribution in [0.3, 0.4) is 0 Å². The molecule has 0 saturated heterocycles. The van der Waals surface area contributed by atoms with Gasteiger partial charge < -0.3 is 0 Å². The number of allylic oxidation sites excluding steroid dienone is 3. The van der Waals surface area contributed by atoms with Gasteiger partial charge in [0.1, 0.15) is 0 Å². The Kier molecular flexibility index (Phi) is 3.81. The molecule has 0 heterocycles. The van der Waals surface area contributed by atoms with Crippen LogP contribution in [0.25, 0.3) is 0 Å². The minimum Gasteiger partial charge on any atom is -0.119 e. The molecule has 0 aliphatic carbocycles. The van der Waals surface area contributed by atoms with Crippen molar-refractivity contribution in [3.05, 3.63) is 24.8 Å². The molecule has 0 rings (SSSR count). The second-order valence-electron chi connectivity index (χ2n) is 1.30. The van der Waals surface area contributed by atoms with E-state index in [9.17, 15) is 0 Å². The van der Waals surface area contributed by atoms with Crippen LogP contribution >= 0.6 is 11.6 Å². The first-order chi connectivity index (χ1) is 3.27. The summed E-state index contributed by atoms with van der Waals surface area (Å²) in [6.45, 7) is 5.39. The van der Waals surface area contributed by atoms with Crippen molar-refractivity contribution in [1.29, 1.82) is 0 Å². The monoisotopic (exact) mass is 116 g/mol. The lowest BCUT2D eigenvalue weighted by Gasteiger charge is -1.84. The largest absolute Gasteiger partial charge is 0.119 e. The van der Waals surface area contributed by atoms with E-state index in [4.69, 9.17) is 11.6 Å². The first-order valence-electron chi connectivity index (χ1n) is 2.20. The summed E-state index contributed by atoms with van der Waals surface area (Å²) in [6, 6.07) is 0. The third-order valence-corrected chi connectivity index (χ3v) is 0.658. The molecule has 0 radical (unpaired) electrons. The molecule has 7 heavy (non-hydrogen) atoms. The minimum atomic E-state index is 0.123. The van der Waals surface area contributed by atoms with Gasteiger partial charge in [-0.15, -0.1) is 11.6 Å². The van der Waals surface area contributed by atoms with Crippen LogP contribution in [0.5, 0.6) is 0 Å². The second kappa shape index (κ2) is 3.94. The lowest BCUT2D eigenvalue weighted by atomic mass is 10.4. The average molecular weight is 117 g/mol. The Bertz CT molecular complexity index is 72.2. The van der Waals surface area contributed by atoms with Crippen LogP contribution in [0.1, 0.15) is 6.92 Å².